The SMILES string of the molecule is CC(C)C(=O)COCC1CCOC1. The van der Waals surface area contributed by atoms with E-state index in [0.29, 0.717) is 12.5 Å². The predicted molar refractivity (Wildman–Crippen MR) is 49.6 cm³/mol. The molecule has 1 saturated heterocycles. The van der Waals surface area contributed by atoms with Gasteiger partial charge in [0.05, 0.1) is 13.2 Å². The number of carbonyl (C=O) groups excluding carboxylic acids is 1. The minimum atomic E-state index is 0.0832. The van der Waals surface area contributed by atoms with Gasteiger partial charge in [-0.3, -0.25) is 4.79 Å². The second-order valence-corrected chi connectivity index (χ2v) is 3.87. The number of ketones is 1. The van der Waals surface area contributed by atoms with Gasteiger partial charge < -0.3 is 9.47 Å². The molecule has 1 heterocycles. The van der Waals surface area contributed by atoms with Gasteiger partial charge in [-0.2, -0.15) is 0 Å². The van der Waals surface area contributed by atoms with Crippen LogP contribution in [0.3, 0.4) is 0 Å². The van der Waals surface area contributed by atoms with Gasteiger partial charge in [0.25, 0.3) is 0 Å². The van der Waals surface area contributed by atoms with Crippen LogP contribution >= 0.6 is 0 Å². The van der Waals surface area contributed by atoms with Crippen molar-refractivity contribution >= 4 is 5.78 Å². The third-order valence-electron chi connectivity index (χ3n) is 2.27. The van der Waals surface area contributed by atoms with E-state index in [9.17, 15) is 4.79 Å². The Hall–Kier alpha value is -0.410. The van der Waals surface area contributed by atoms with E-state index in [1.807, 2.05) is 13.8 Å². The molecule has 0 saturated carbocycles. The Kier molecular flexibility index (Phi) is 4.39. The molecule has 0 aromatic carbocycles. The molecular weight excluding hydrogens is 168 g/mol. The van der Waals surface area contributed by atoms with E-state index in [1.54, 1.807) is 0 Å². The van der Waals surface area contributed by atoms with E-state index in [0.717, 1.165) is 19.6 Å². The second-order valence-electron chi connectivity index (χ2n) is 3.87. The summed E-state index contributed by atoms with van der Waals surface area (Å²) in [6.45, 7) is 6.34. The van der Waals surface area contributed by atoms with E-state index in [4.69, 9.17) is 9.47 Å². The summed E-state index contributed by atoms with van der Waals surface area (Å²) in [5.74, 6) is 0.763. The molecule has 0 radical (unpaired) electrons. The molecule has 13 heavy (non-hydrogen) atoms. The molecule has 0 aromatic heterocycles. The molecule has 0 spiro atoms. The van der Waals surface area contributed by atoms with Crippen molar-refractivity contribution < 1.29 is 14.3 Å². The first-order valence-electron chi connectivity index (χ1n) is 4.88. The molecule has 0 N–H and O–H groups in total. The van der Waals surface area contributed by atoms with E-state index >= 15 is 0 Å². The number of ether oxygens (including phenoxy) is 2. The van der Waals surface area contributed by atoms with Gasteiger partial charge in [-0.15, -0.1) is 0 Å². The lowest BCUT2D eigenvalue weighted by molar-refractivity contribution is -0.126. The highest BCUT2D eigenvalue weighted by molar-refractivity contribution is 5.81. The van der Waals surface area contributed by atoms with Crippen LogP contribution < -0.4 is 0 Å². The van der Waals surface area contributed by atoms with Gasteiger partial charge in [0, 0.05) is 18.4 Å². The first-order chi connectivity index (χ1) is 6.20. The zero-order valence-electron chi connectivity index (χ0n) is 8.41. The summed E-state index contributed by atoms with van der Waals surface area (Å²) in [7, 11) is 0. The average molecular weight is 186 g/mol. The molecule has 1 atom stereocenters. The summed E-state index contributed by atoms with van der Waals surface area (Å²) in [6, 6.07) is 0. The monoisotopic (exact) mass is 186 g/mol. The third kappa shape index (κ3) is 3.87. The molecule has 3 heteroatoms. The van der Waals surface area contributed by atoms with Crippen LogP contribution in [0.15, 0.2) is 0 Å². The standard InChI is InChI=1S/C10H18O3/c1-8(2)10(11)7-13-6-9-3-4-12-5-9/h8-9H,3-7H2,1-2H3. The Morgan fingerprint density at radius 1 is 1.62 bits per heavy atom. The normalized spacial score (nSPS) is 22.5. The maximum atomic E-state index is 11.2. The van der Waals surface area contributed by atoms with E-state index in [2.05, 4.69) is 0 Å². The molecule has 0 amide bonds. The molecular formula is C10H18O3. The van der Waals surface area contributed by atoms with Crippen molar-refractivity contribution in [1.82, 2.24) is 0 Å². The number of rotatable bonds is 5. The van der Waals surface area contributed by atoms with E-state index in [-0.39, 0.29) is 18.3 Å². The zero-order valence-corrected chi connectivity index (χ0v) is 8.41. The van der Waals surface area contributed by atoms with Gasteiger partial charge in [-0.1, -0.05) is 13.8 Å². The molecule has 0 bridgehead atoms. The van der Waals surface area contributed by atoms with Crippen molar-refractivity contribution in [1.29, 1.82) is 0 Å². The molecule has 76 valence electrons. The second kappa shape index (κ2) is 5.35. The highest BCUT2D eigenvalue weighted by Crippen LogP contribution is 2.12. The fourth-order valence-corrected chi connectivity index (χ4v) is 1.21. The van der Waals surface area contributed by atoms with Gasteiger partial charge in [0.15, 0.2) is 5.78 Å². The Morgan fingerprint density at radius 2 is 2.38 bits per heavy atom. The minimum absolute atomic E-state index is 0.0832. The minimum Gasteiger partial charge on any atom is -0.381 e. The molecule has 1 rings (SSSR count). The lowest BCUT2D eigenvalue weighted by atomic mass is 10.1. The first-order valence-corrected chi connectivity index (χ1v) is 4.88. The van der Waals surface area contributed by atoms with Gasteiger partial charge in [-0.05, 0) is 6.42 Å². The van der Waals surface area contributed by atoms with Gasteiger partial charge in [-0.25, -0.2) is 0 Å². The van der Waals surface area contributed by atoms with Crippen LogP contribution in [-0.2, 0) is 14.3 Å². The largest absolute Gasteiger partial charge is 0.381 e. The molecule has 0 aromatic rings. The molecule has 1 fully saturated rings. The van der Waals surface area contributed by atoms with E-state index < -0.39 is 0 Å². The fraction of sp³-hybridized carbons (Fsp3) is 0.900. The lowest BCUT2D eigenvalue weighted by Gasteiger charge is -2.09. The Balaban J connectivity index is 2.03. The fourth-order valence-electron chi connectivity index (χ4n) is 1.21. The summed E-state index contributed by atoms with van der Waals surface area (Å²) >= 11 is 0. The summed E-state index contributed by atoms with van der Waals surface area (Å²) < 4.78 is 10.5. The molecule has 1 unspecified atom stereocenters. The number of Topliss-reactive ketones (excluding diaryl/α,β-unsaturated/α-hetero) is 1. The predicted octanol–water partition coefficient (Wildman–Crippen LogP) is 1.26. The van der Waals surface area contributed by atoms with Crippen LogP contribution in [0.5, 0.6) is 0 Å². The quantitative estimate of drug-likeness (QED) is 0.648. The Bertz CT molecular complexity index is 160. The number of hydrogen-bond acceptors (Lipinski definition) is 3. The van der Waals surface area contributed by atoms with Crippen LogP contribution in [0, 0.1) is 11.8 Å². The number of carbonyl (C=O) groups is 1. The molecule has 1 aliphatic heterocycles. The topological polar surface area (TPSA) is 35.5 Å². The van der Waals surface area contributed by atoms with Gasteiger partial charge in [0.2, 0.25) is 0 Å². The zero-order chi connectivity index (χ0) is 9.68. The first kappa shape index (κ1) is 10.7. The van der Waals surface area contributed by atoms with Crippen LogP contribution in [0.1, 0.15) is 20.3 Å². The van der Waals surface area contributed by atoms with Crippen molar-refractivity contribution in [2.24, 2.45) is 11.8 Å². The van der Waals surface area contributed by atoms with Crippen molar-refractivity contribution in [3.05, 3.63) is 0 Å². The van der Waals surface area contributed by atoms with Crippen molar-refractivity contribution in [3.63, 3.8) is 0 Å². The van der Waals surface area contributed by atoms with Crippen molar-refractivity contribution in [2.45, 2.75) is 20.3 Å². The van der Waals surface area contributed by atoms with Crippen LogP contribution in [0.25, 0.3) is 0 Å². The summed E-state index contributed by atoms with van der Waals surface area (Å²) in [5.41, 5.74) is 0. The van der Waals surface area contributed by atoms with Gasteiger partial charge in [0.1, 0.15) is 6.61 Å². The van der Waals surface area contributed by atoms with Crippen LogP contribution in [-0.4, -0.2) is 32.2 Å². The highest BCUT2D eigenvalue weighted by Gasteiger charge is 2.16. The molecule has 0 aliphatic carbocycles. The molecule has 3 nitrogen and oxygen atoms in total. The maximum absolute atomic E-state index is 11.2. The Labute approximate surface area is 79.4 Å². The lowest BCUT2D eigenvalue weighted by Crippen LogP contribution is -2.18. The van der Waals surface area contributed by atoms with Crippen LogP contribution in [0.2, 0.25) is 0 Å². The van der Waals surface area contributed by atoms with Gasteiger partial charge >= 0.3 is 0 Å². The summed E-state index contributed by atoms with van der Waals surface area (Å²) in [4.78, 5) is 11.2. The smallest absolute Gasteiger partial charge is 0.160 e. The summed E-state index contributed by atoms with van der Waals surface area (Å²) in [6.07, 6.45) is 1.07. The van der Waals surface area contributed by atoms with Crippen molar-refractivity contribution in [2.75, 3.05) is 26.4 Å². The highest BCUT2D eigenvalue weighted by atomic mass is 16.5. The van der Waals surface area contributed by atoms with Crippen molar-refractivity contribution in [3.8, 4) is 0 Å². The third-order valence-corrected chi connectivity index (χ3v) is 2.27. The average Bonchev–Trinajstić information content (AvgIpc) is 2.56. The van der Waals surface area contributed by atoms with Crippen LogP contribution in [0.4, 0.5) is 0 Å². The van der Waals surface area contributed by atoms with E-state index in [1.165, 1.54) is 0 Å². The maximum Gasteiger partial charge on any atom is 0.160 e. The summed E-state index contributed by atoms with van der Waals surface area (Å²) in [5, 5.41) is 0. The number of hydrogen-bond donors (Lipinski definition) is 0. The Morgan fingerprint density at radius 3 is 2.92 bits per heavy atom. The molecule has 1 aliphatic rings.